The van der Waals surface area contributed by atoms with Crippen LogP contribution in [0.25, 0.3) is 0 Å². The SMILES string of the molecule is CCOc1ccccc1NC(=O)CCN(c1c(C)cccc1C)S(C)(=O)=O. The van der Waals surface area contributed by atoms with Gasteiger partial charge in [-0.25, -0.2) is 8.42 Å². The van der Waals surface area contributed by atoms with E-state index in [4.69, 9.17) is 4.74 Å². The van der Waals surface area contributed by atoms with E-state index in [0.717, 1.165) is 17.4 Å². The molecule has 0 saturated carbocycles. The first-order chi connectivity index (χ1) is 12.7. The summed E-state index contributed by atoms with van der Waals surface area (Å²) in [6.45, 7) is 6.14. The highest BCUT2D eigenvalue weighted by Crippen LogP contribution is 2.27. The summed E-state index contributed by atoms with van der Waals surface area (Å²) >= 11 is 0. The van der Waals surface area contributed by atoms with Crippen molar-refractivity contribution in [2.45, 2.75) is 27.2 Å². The van der Waals surface area contributed by atoms with Gasteiger partial charge in [0.25, 0.3) is 0 Å². The summed E-state index contributed by atoms with van der Waals surface area (Å²) in [6, 6.07) is 12.8. The summed E-state index contributed by atoms with van der Waals surface area (Å²) < 4.78 is 31.4. The number of carbonyl (C=O) groups is 1. The van der Waals surface area contributed by atoms with Crippen LogP contribution in [0.4, 0.5) is 11.4 Å². The lowest BCUT2D eigenvalue weighted by Gasteiger charge is -2.25. The highest BCUT2D eigenvalue weighted by atomic mass is 32.2. The third-order valence-electron chi connectivity index (χ3n) is 4.09. The summed E-state index contributed by atoms with van der Waals surface area (Å²) in [5.74, 6) is 0.310. The van der Waals surface area contributed by atoms with Crippen LogP contribution in [0.5, 0.6) is 5.75 Å². The maximum atomic E-state index is 12.4. The minimum absolute atomic E-state index is 0.0291. The lowest BCUT2D eigenvalue weighted by atomic mass is 10.1. The summed E-state index contributed by atoms with van der Waals surface area (Å²) in [5.41, 5.74) is 2.90. The molecule has 27 heavy (non-hydrogen) atoms. The Hall–Kier alpha value is -2.54. The number of rotatable bonds is 8. The standard InChI is InChI=1S/C20H26N2O4S/c1-5-26-18-12-7-6-11-17(18)21-19(23)13-14-22(27(4,24)25)20-15(2)9-8-10-16(20)3/h6-12H,5,13-14H2,1-4H3,(H,21,23). The second kappa shape index (κ2) is 8.90. The number of benzene rings is 2. The fourth-order valence-corrected chi connectivity index (χ4v) is 3.95. The summed E-state index contributed by atoms with van der Waals surface area (Å²) in [5, 5.41) is 2.80. The van der Waals surface area contributed by atoms with Crippen molar-refractivity contribution in [1.82, 2.24) is 0 Å². The topological polar surface area (TPSA) is 75.7 Å². The molecule has 0 atom stereocenters. The predicted molar refractivity (Wildman–Crippen MR) is 109 cm³/mol. The van der Waals surface area contributed by atoms with Gasteiger partial charge in [0.1, 0.15) is 5.75 Å². The maximum absolute atomic E-state index is 12.4. The number of nitrogens with one attached hydrogen (secondary N) is 1. The molecule has 0 aliphatic heterocycles. The molecule has 0 unspecified atom stereocenters. The molecule has 0 spiro atoms. The molecule has 0 heterocycles. The van der Waals surface area contributed by atoms with E-state index in [0.29, 0.717) is 23.7 Å². The van der Waals surface area contributed by atoms with Crippen LogP contribution in [0.1, 0.15) is 24.5 Å². The zero-order valence-corrected chi connectivity index (χ0v) is 17.0. The second-order valence-corrected chi connectivity index (χ2v) is 8.21. The number of hydrogen-bond donors (Lipinski definition) is 1. The molecule has 7 heteroatoms. The maximum Gasteiger partial charge on any atom is 0.232 e. The quantitative estimate of drug-likeness (QED) is 0.749. The molecule has 0 saturated heterocycles. The lowest BCUT2D eigenvalue weighted by Crippen LogP contribution is -2.34. The van der Waals surface area contributed by atoms with E-state index < -0.39 is 10.0 Å². The molecule has 1 N–H and O–H groups in total. The zero-order valence-electron chi connectivity index (χ0n) is 16.2. The summed E-state index contributed by atoms with van der Waals surface area (Å²) in [4.78, 5) is 12.4. The van der Waals surface area contributed by atoms with Gasteiger partial charge in [0.2, 0.25) is 15.9 Å². The number of aryl methyl sites for hydroxylation is 2. The van der Waals surface area contributed by atoms with Gasteiger partial charge in [-0.15, -0.1) is 0 Å². The van der Waals surface area contributed by atoms with E-state index in [-0.39, 0.29) is 18.9 Å². The monoisotopic (exact) mass is 390 g/mol. The van der Waals surface area contributed by atoms with E-state index in [1.807, 2.05) is 45.0 Å². The molecule has 2 aromatic carbocycles. The number of para-hydroxylation sites is 3. The highest BCUT2D eigenvalue weighted by Gasteiger charge is 2.22. The molecule has 6 nitrogen and oxygen atoms in total. The van der Waals surface area contributed by atoms with E-state index in [1.165, 1.54) is 4.31 Å². The minimum Gasteiger partial charge on any atom is -0.492 e. The molecule has 1 amide bonds. The molecule has 2 rings (SSSR count). The first kappa shape index (κ1) is 20.8. The van der Waals surface area contributed by atoms with Crippen LogP contribution < -0.4 is 14.4 Å². The second-order valence-electron chi connectivity index (χ2n) is 6.30. The largest absolute Gasteiger partial charge is 0.492 e. The summed E-state index contributed by atoms with van der Waals surface area (Å²) in [6.07, 6.45) is 1.18. The van der Waals surface area contributed by atoms with Crippen LogP contribution in [-0.4, -0.2) is 33.7 Å². The normalized spacial score (nSPS) is 11.1. The van der Waals surface area contributed by atoms with Gasteiger partial charge in [0.05, 0.1) is 24.2 Å². The van der Waals surface area contributed by atoms with E-state index >= 15 is 0 Å². The number of hydrogen-bond acceptors (Lipinski definition) is 4. The van der Waals surface area contributed by atoms with E-state index in [1.54, 1.807) is 18.2 Å². The average Bonchev–Trinajstić information content (AvgIpc) is 2.58. The van der Waals surface area contributed by atoms with Crippen molar-refractivity contribution in [3.63, 3.8) is 0 Å². The molecule has 0 fully saturated rings. The van der Waals surface area contributed by atoms with Crippen LogP contribution in [0.15, 0.2) is 42.5 Å². The first-order valence-corrected chi connectivity index (χ1v) is 10.6. The molecule has 0 aliphatic rings. The third kappa shape index (κ3) is 5.47. The van der Waals surface area contributed by atoms with E-state index in [9.17, 15) is 13.2 Å². The first-order valence-electron chi connectivity index (χ1n) is 8.79. The average molecular weight is 391 g/mol. The number of sulfonamides is 1. The molecular formula is C20H26N2O4S. The van der Waals surface area contributed by atoms with E-state index in [2.05, 4.69) is 5.32 Å². The van der Waals surface area contributed by atoms with Crippen molar-refractivity contribution in [3.05, 3.63) is 53.6 Å². The van der Waals surface area contributed by atoms with Crippen LogP contribution in [0.3, 0.4) is 0 Å². The fourth-order valence-electron chi connectivity index (χ4n) is 2.91. The molecule has 0 bridgehead atoms. The molecule has 0 aliphatic carbocycles. The van der Waals surface area contributed by atoms with Gasteiger partial charge in [-0.3, -0.25) is 9.10 Å². The Kier molecular flexibility index (Phi) is 6.85. The van der Waals surface area contributed by atoms with Crippen molar-refractivity contribution in [2.24, 2.45) is 0 Å². The Morgan fingerprint density at radius 2 is 1.70 bits per heavy atom. The Labute approximate surface area is 161 Å². The van der Waals surface area contributed by atoms with Gasteiger partial charge in [-0.1, -0.05) is 30.3 Å². The molecule has 2 aromatic rings. The number of amides is 1. The third-order valence-corrected chi connectivity index (χ3v) is 5.26. The Bertz CT molecular complexity index is 890. The van der Waals surface area contributed by atoms with Crippen LogP contribution >= 0.6 is 0 Å². The van der Waals surface area contributed by atoms with Gasteiger partial charge in [-0.2, -0.15) is 0 Å². The van der Waals surface area contributed by atoms with Gasteiger partial charge in [0, 0.05) is 13.0 Å². The van der Waals surface area contributed by atoms with Crippen molar-refractivity contribution in [3.8, 4) is 5.75 Å². The molecule has 0 radical (unpaired) electrons. The zero-order chi connectivity index (χ0) is 20.0. The van der Waals surface area contributed by atoms with Gasteiger partial charge in [-0.05, 0) is 44.0 Å². The predicted octanol–water partition coefficient (Wildman–Crippen LogP) is 3.50. The van der Waals surface area contributed by atoms with Crippen molar-refractivity contribution >= 4 is 27.3 Å². The van der Waals surface area contributed by atoms with Crippen molar-refractivity contribution in [1.29, 1.82) is 0 Å². The van der Waals surface area contributed by atoms with Crippen LogP contribution in [0, 0.1) is 13.8 Å². The Balaban J connectivity index is 2.16. The lowest BCUT2D eigenvalue weighted by molar-refractivity contribution is -0.116. The number of nitrogens with zero attached hydrogens (tertiary/aromatic N) is 1. The van der Waals surface area contributed by atoms with Crippen LogP contribution in [-0.2, 0) is 14.8 Å². The molecule has 0 aromatic heterocycles. The molecular weight excluding hydrogens is 364 g/mol. The smallest absolute Gasteiger partial charge is 0.232 e. The highest BCUT2D eigenvalue weighted by molar-refractivity contribution is 7.92. The summed E-state index contributed by atoms with van der Waals surface area (Å²) in [7, 11) is -3.52. The van der Waals surface area contributed by atoms with Gasteiger partial charge >= 0.3 is 0 Å². The number of anilines is 2. The minimum atomic E-state index is -3.52. The number of ether oxygens (including phenoxy) is 1. The van der Waals surface area contributed by atoms with Gasteiger partial charge in [0.15, 0.2) is 0 Å². The molecule has 146 valence electrons. The number of carbonyl (C=O) groups excluding carboxylic acids is 1. The van der Waals surface area contributed by atoms with Crippen molar-refractivity contribution < 1.29 is 17.9 Å². The Morgan fingerprint density at radius 1 is 1.07 bits per heavy atom. The van der Waals surface area contributed by atoms with Crippen LogP contribution in [0.2, 0.25) is 0 Å². The Morgan fingerprint density at radius 3 is 2.30 bits per heavy atom. The fraction of sp³-hybridized carbons (Fsp3) is 0.350. The van der Waals surface area contributed by atoms with Gasteiger partial charge < -0.3 is 10.1 Å². The van der Waals surface area contributed by atoms with Crippen molar-refractivity contribution in [2.75, 3.05) is 29.0 Å².